The number of aryl methyl sites for hydroxylation is 1. The summed E-state index contributed by atoms with van der Waals surface area (Å²) >= 11 is 3.21. The monoisotopic (exact) mass is 321 g/mol. The van der Waals surface area contributed by atoms with Gasteiger partial charge < -0.3 is 5.73 Å². The summed E-state index contributed by atoms with van der Waals surface area (Å²) in [5.41, 5.74) is 8.48. The summed E-state index contributed by atoms with van der Waals surface area (Å²) in [5.74, 6) is -0.440. The predicted octanol–water partition coefficient (Wildman–Crippen LogP) is 3.90. The average Bonchev–Trinajstić information content (AvgIpc) is 2.31. The molecule has 0 bridgehead atoms. The van der Waals surface area contributed by atoms with Crippen molar-refractivity contribution in [3.63, 3.8) is 0 Å². The fourth-order valence-electron chi connectivity index (χ4n) is 1.81. The van der Waals surface area contributed by atoms with Crippen LogP contribution in [-0.2, 0) is 6.42 Å². The molecule has 0 saturated heterocycles. The van der Waals surface area contributed by atoms with Crippen molar-refractivity contribution in [2.24, 2.45) is 0 Å². The van der Waals surface area contributed by atoms with Crippen LogP contribution < -0.4 is 5.73 Å². The molecule has 0 radical (unpaired) electrons. The highest BCUT2D eigenvalue weighted by molar-refractivity contribution is 9.10. The van der Waals surface area contributed by atoms with Gasteiger partial charge in [-0.25, -0.2) is 4.39 Å². The third kappa shape index (κ3) is 3.41. The van der Waals surface area contributed by atoms with Gasteiger partial charge >= 0.3 is 0 Å². The Morgan fingerprint density at radius 2 is 2.00 bits per heavy atom. The van der Waals surface area contributed by atoms with Gasteiger partial charge in [0.1, 0.15) is 5.82 Å². The summed E-state index contributed by atoms with van der Waals surface area (Å²) in [7, 11) is 0. The van der Waals surface area contributed by atoms with Crippen LogP contribution in [0.3, 0.4) is 0 Å². The maximum absolute atomic E-state index is 13.2. The largest absolute Gasteiger partial charge is 0.398 e. The maximum atomic E-state index is 13.2. The van der Waals surface area contributed by atoms with Crippen molar-refractivity contribution in [3.8, 4) is 0 Å². The van der Waals surface area contributed by atoms with E-state index in [2.05, 4.69) is 15.9 Å². The molecule has 0 fully saturated rings. The van der Waals surface area contributed by atoms with E-state index in [0.717, 1.165) is 5.56 Å². The van der Waals surface area contributed by atoms with Crippen LogP contribution in [0, 0.1) is 12.7 Å². The molecule has 2 aromatic carbocycles. The third-order valence-corrected chi connectivity index (χ3v) is 3.35. The molecule has 4 heteroatoms. The second kappa shape index (κ2) is 5.53. The van der Waals surface area contributed by atoms with Gasteiger partial charge in [0.15, 0.2) is 5.78 Å². The quantitative estimate of drug-likeness (QED) is 0.688. The van der Waals surface area contributed by atoms with E-state index in [4.69, 9.17) is 5.73 Å². The molecule has 0 spiro atoms. The Morgan fingerprint density at radius 1 is 1.26 bits per heavy atom. The molecule has 2 aromatic rings. The van der Waals surface area contributed by atoms with Gasteiger partial charge in [-0.15, -0.1) is 0 Å². The first-order valence-corrected chi connectivity index (χ1v) is 6.59. The first-order chi connectivity index (χ1) is 8.95. The Morgan fingerprint density at radius 3 is 2.63 bits per heavy atom. The predicted molar refractivity (Wildman–Crippen MR) is 77.7 cm³/mol. The van der Waals surface area contributed by atoms with Crippen LogP contribution in [0.25, 0.3) is 0 Å². The summed E-state index contributed by atoms with van der Waals surface area (Å²) in [4.78, 5) is 12.1. The highest BCUT2D eigenvalue weighted by Gasteiger charge is 2.09. The van der Waals surface area contributed by atoms with E-state index in [1.165, 1.54) is 12.1 Å². The number of carbonyl (C=O) groups excluding carboxylic acids is 1. The van der Waals surface area contributed by atoms with Crippen molar-refractivity contribution in [3.05, 3.63) is 63.4 Å². The lowest BCUT2D eigenvalue weighted by molar-refractivity contribution is 0.0993. The van der Waals surface area contributed by atoms with Gasteiger partial charge in [0.2, 0.25) is 0 Å². The molecule has 0 aliphatic rings. The molecule has 98 valence electrons. The number of rotatable bonds is 3. The van der Waals surface area contributed by atoms with Crippen molar-refractivity contribution in [1.29, 1.82) is 0 Å². The number of nitrogen functional groups attached to an aromatic ring is 1. The van der Waals surface area contributed by atoms with Crippen LogP contribution >= 0.6 is 15.9 Å². The molecule has 0 heterocycles. The average molecular weight is 322 g/mol. The van der Waals surface area contributed by atoms with Crippen molar-refractivity contribution in [1.82, 2.24) is 0 Å². The number of hydrogen-bond donors (Lipinski definition) is 1. The minimum Gasteiger partial charge on any atom is -0.398 e. The number of hydrogen-bond acceptors (Lipinski definition) is 2. The van der Waals surface area contributed by atoms with Crippen molar-refractivity contribution >= 4 is 27.4 Å². The van der Waals surface area contributed by atoms with E-state index >= 15 is 0 Å². The Bertz CT molecular complexity index is 620. The van der Waals surface area contributed by atoms with E-state index in [-0.39, 0.29) is 18.0 Å². The molecule has 0 unspecified atom stereocenters. The first-order valence-electron chi connectivity index (χ1n) is 5.80. The fourth-order valence-corrected chi connectivity index (χ4v) is 2.33. The minimum absolute atomic E-state index is 0.0794. The lowest BCUT2D eigenvalue weighted by atomic mass is 10.0. The second-order valence-electron chi connectivity index (χ2n) is 4.45. The fraction of sp³-hybridized carbons (Fsp3) is 0.133. The molecule has 0 aliphatic heterocycles. The van der Waals surface area contributed by atoms with Crippen LogP contribution in [-0.4, -0.2) is 5.78 Å². The van der Waals surface area contributed by atoms with Crippen LogP contribution in [0.2, 0.25) is 0 Å². The third-order valence-electron chi connectivity index (χ3n) is 2.89. The molecule has 0 aromatic heterocycles. The Balaban J connectivity index is 2.22. The number of anilines is 1. The number of nitrogens with two attached hydrogens (primary N) is 1. The molecule has 19 heavy (non-hydrogen) atoms. The molecular formula is C15H13BrFNO. The Hall–Kier alpha value is -1.68. The zero-order valence-electron chi connectivity index (χ0n) is 10.4. The molecule has 0 amide bonds. The standard InChI is InChI=1S/C15H13BrFNO/c1-9-2-3-11(7-14(9)18)15(19)6-10-4-12(16)8-13(17)5-10/h2-5,7-8H,6,18H2,1H3. The lowest BCUT2D eigenvalue weighted by Crippen LogP contribution is -2.05. The SMILES string of the molecule is Cc1ccc(C(=O)Cc2cc(F)cc(Br)c2)cc1N. The van der Waals surface area contributed by atoms with Crippen LogP contribution in [0.15, 0.2) is 40.9 Å². The number of benzene rings is 2. The van der Waals surface area contributed by atoms with Gasteiger partial charge in [-0.3, -0.25) is 4.79 Å². The van der Waals surface area contributed by atoms with E-state index in [0.29, 0.717) is 21.3 Å². The number of carbonyl (C=O) groups is 1. The first kappa shape index (κ1) is 13.7. The normalized spacial score (nSPS) is 10.5. The van der Waals surface area contributed by atoms with Crippen LogP contribution in [0.5, 0.6) is 0 Å². The van der Waals surface area contributed by atoms with Gasteiger partial charge in [0.05, 0.1) is 0 Å². The van der Waals surface area contributed by atoms with E-state index in [1.54, 1.807) is 18.2 Å². The maximum Gasteiger partial charge on any atom is 0.167 e. The van der Waals surface area contributed by atoms with E-state index in [1.807, 2.05) is 13.0 Å². The van der Waals surface area contributed by atoms with Gasteiger partial charge in [-0.2, -0.15) is 0 Å². The van der Waals surface area contributed by atoms with Gasteiger partial charge in [0.25, 0.3) is 0 Å². The molecule has 0 atom stereocenters. The Kier molecular flexibility index (Phi) is 4.00. The highest BCUT2D eigenvalue weighted by atomic mass is 79.9. The minimum atomic E-state index is -0.361. The molecule has 2 N–H and O–H groups in total. The van der Waals surface area contributed by atoms with Crippen molar-refractivity contribution < 1.29 is 9.18 Å². The van der Waals surface area contributed by atoms with Gasteiger partial charge in [-0.05, 0) is 42.3 Å². The van der Waals surface area contributed by atoms with E-state index in [9.17, 15) is 9.18 Å². The summed E-state index contributed by atoms with van der Waals surface area (Å²) in [6.07, 6.45) is 0.152. The van der Waals surface area contributed by atoms with Crippen molar-refractivity contribution in [2.45, 2.75) is 13.3 Å². The lowest BCUT2D eigenvalue weighted by Gasteiger charge is -2.05. The van der Waals surface area contributed by atoms with Gasteiger partial charge in [0, 0.05) is 22.1 Å². The van der Waals surface area contributed by atoms with Crippen LogP contribution in [0.4, 0.5) is 10.1 Å². The highest BCUT2D eigenvalue weighted by Crippen LogP contribution is 2.18. The molecule has 0 saturated carbocycles. The topological polar surface area (TPSA) is 43.1 Å². The Labute approximate surface area is 119 Å². The zero-order chi connectivity index (χ0) is 14.0. The molecule has 2 rings (SSSR count). The smallest absolute Gasteiger partial charge is 0.167 e. The zero-order valence-corrected chi connectivity index (χ0v) is 12.0. The summed E-state index contributed by atoms with van der Waals surface area (Å²) < 4.78 is 13.9. The summed E-state index contributed by atoms with van der Waals surface area (Å²) in [5, 5.41) is 0. The second-order valence-corrected chi connectivity index (χ2v) is 5.36. The number of halogens is 2. The van der Waals surface area contributed by atoms with Gasteiger partial charge in [-0.1, -0.05) is 28.1 Å². The van der Waals surface area contributed by atoms with Crippen LogP contribution in [0.1, 0.15) is 21.5 Å². The number of ketones is 1. The number of Topliss-reactive ketones (excluding diaryl/α,β-unsaturated/α-hetero) is 1. The summed E-state index contributed by atoms with van der Waals surface area (Å²) in [6, 6.07) is 9.66. The molecule has 2 nitrogen and oxygen atoms in total. The van der Waals surface area contributed by atoms with E-state index < -0.39 is 0 Å². The molecule has 0 aliphatic carbocycles. The summed E-state index contributed by atoms with van der Waals surface area (Å²) in [6.45, 7) is 1.88. The molecular weight excluding hydrogens is 309 g/mol. The van der Waals surface area contributed by atoms with Crippen molar-refractivity contribution in [2.75, 3.05) is 5.73 Å².